The Kier molecular flexibility index (Phi) is 6.38. The molecule has 0 unspecified atom stereocenters. The Bertz CT molecular complexity index is 905. The molecule has 0 aliphatic rings. The van der Waals surface area contributed by atoms with Gasteiger partial charge in [-0.3, -0.25) is 4.79 Å². The highest BCUT2D eigenvalue weighted by atomic mass is 32.2. The fraction of sp³-hybridized carbons (Fsp3) is 0.150. The van der Waals surface area contributed by atoms with Gasteiger partial charge < -0.3 is 10.1 Å². The third-order valence-corrected chi connectivity index (χ3v) is 4.50. The van der Waals surface area contributed by atoms with Gasteiger partial charge in [0.2, 0.25) is 5.88 Å². The highest BCUT2D eigenvalue weighted by molar-refractivity contribution is 7.98. The molecule has 0 spiro atoms. The quantitative estimate of drug-likeness (QED) is 0.380. The summed E-state index contributed by atoms with van der Waals surface area (Å²) in [6, 6.07) is 17.1. The predicted molar refractivity (Wildman–Crippen MR) is 102 cm³/mol. The van der Waals surface area contributed by atoms with Crippen LogP contribution in [0, 0.1) is 12.7 Å². The van der Waals surface area contributed by atoms with Crippen LogP contribution < -0.4 is 10.1 Å². The maximum absolute atomic E-state index is 12.9. The van der Waals surface area contributed by atoms with Crippen LogP contribution in [0.15, 0.2) is 65.8 Å². The number of nitrogens with one attached hydrogen (secondary N) is 1. The van der Waals surface area contributed by atoms with Crippen LogP contribution in [0.25, 0.3) is 0 Å². The van der Waals surface area contributed by atoms with E-state index in [1.165, 1.54) is 41.6 Å². The van der Waals surface area contributed by atoms with E-state index in [0.29, 0.717) is 16.6 Å². The van der Waals surface area contributed by atoms with Crippen LogP contribution in [-0.4, -0.2) is 22.6 Å². The lowest BCUT2D eigenvalue weighted by molar-refractivity contribution is 0.0917. The second kappa shape index (κ2) is 9.14. The van der Waals surface area contributed by atoms with Crippen LogP contribution in [0.1, 0.15) is 21.6 Å². The lowest BCUT2D eigenvalue weighted by Gasteiger charge is -2.09. The van der Waals surface area contributed by atoms with Gasteiger partial charge in [-0.15, -0.1) is 0 Å². The SMILES string of the molecule is Cc1cc(OCNC(=O)c2ccc(F)cc2)nc(SCc2ccccc2)n1. The van der Waals surface area contributed by atoms with Gasteiger partial charge in [0.05, 0.1) is 0 Å². The highest BCUT2D eigenvalue weighted by Crippen LogP contribution is 2.21. The lowest BCUT2D eigenvalue weighted by atomic mass is 10.2. The molecule has 3 aromatic rings. The molecule has 0 fully saturated rings. The van der Waals surface area contributed by atoms with Gasteiger partial charge >= 0.3 is 0 Å². The second-order valence-corrected chi connectivity index (χ2v) is 6.65. The first kappa shape index (κ1) is 18.8. The van der Waals surface area contributed by atoms with Crippen LogP contribution in [0.3, 0.4) is 0 Å². The smallest absolute Gasteiger partial charge is 0.253 e. The topological polar surface area (TPSA) is 64.1 Å². The monoisotopic (exact) mass is 383 g/mol. The van der Waals surface area contributed by atoms with Crippen molar-refractivity contribution in [3.05, 3.63) is 83.3 Å². The Hall–Kier alpha value is -2.93. The number of carbonyl (C=O) groups is 1. The first-order valence-electron chi connectivity index (χ1n) is 8.29. The number of ether oxygens (including phenoxy) is 1. The van der Waals surface area contributed by atoms with Crippen molar-refractivity contribution in [1.82, 2.24) is 15.3 Å². The van der Waals surface area contributed by atoms with Crippen LogP contribution in [0.4, 0.5) is 4.39 Å². The van der Waals surface area contributed by atoms with Gasteiger partial charge in [-0.05, 0) is 36.8 Å². The maximum Gasteiger partial charge on any atom is 0.253 e. The summed E-state index contributed by atoms with van der Waals surface area (Å²) >= 11 is 1.51. The molecule has 0 saturated carbocycles. The van der Waals surface area contributed by atoms with E-state index < -0.39 is 0 Å². The molecule has 0 aliphatic heterocycles. The number of rotatable bonds is 7. The second-order valence-electron chi connectivity index (χ2n) is 5.71. The standard InChI is InChI=1S/C20H18FN3O2S/c1-14-11-18(24-20(23-14)27-12-15-5-3-2-4-6-15)26-13-22-19(25)16-7-9-17(21)10-8-16/h2-11H,12-13H2,1H3,(H,22,25). The molecule has 5 nitrogen and oxygen atoms in total. The Labute approximate surface area is 161 Å². The number of aryl methyl sites for hydroxylation is 1. The molecule has 0 bridgehead atoms. The molecule has 0 aliphatic carbocycles. The molecule has 1 amide bonds. The van der Waals surface area contributed by atoms with Crippen molar-refractivity contribution in [2.45, 2.75) is 17.8 Å². The van der Waals surface area contributed by atoms with E-state index in [-0.39, 0.29) is 18.5 Å². The number of nitrogens with zero attached hydrogens (tertiary/aromatic N) is 2. The summed E-state index contributed by atoms with van der Waals surface area (Å²) in [4.78, 5) is 20.7. The summed E-state index contributed by atoms with van der Waals surface area (Å²) in [6.45, 7) is 1.81. The van der Waals surface area contributed by atoms with E-state index >= 15 is 0 Å². The summed E-state index contributed by atoms with van der Waals surface area (Å²) in [7, 11) is 0. The third-order valence-electron chi connectivity index (χ3n) is 3.58. The Morgan fingerprint density at radius 1 is 1.11 bits per heavy atom. The van der Waals surface area contributed by atoms with Gasteiger partial charge in [-0.1, -0.05) is 42.1 Å². The number of benzene rings is 2. The summed E-state index contributed by atoms with van der Waals surface area (Å²) in [5.74, 6) is 0.405. The normalized spacial score (nSPS) is 10.4. The van der Waals surface area contributed by atoms with Gasteiger partial charge in [0.25, 0.3) is 5.91 Å². The van der Waals surface area contributed by atoms with E-state index in [1.807, 2.05) is 37.3 Å². The minimum atomic E-state index is -0.389. The van der Waals surface area contributed by atoms with Gasteiger partial charge in [0.15, 0.2) is 11.9 Å². The predicted octanol–water partition coefficient (Wildman–Crippen LogP) is 3.98. The maximum atomic E-state index is 12.9. The first-order chi connectivity index (χ1) is 13.1. The molecule has 2 aromatic carbocycles. The van der Waals surface area contributed by atoms with Crippen molar-refractivity contribution in [2.24, 2.45) is 0 Å². The number of aromatic nitrogens is 2. The van der Waals surface area contributed by atoms with E-state index in [9.17, 15) is 9.18 Å². The minimum absolute atomic E-state index is 0.0462. The summed E-state index contributed by atoms with van der Waals surface area (Å²) < 4.78 is 18.4. The fourth-order valence-corrected chi connectivity index (χ4v) is 3.10. The number of carbonyl (C=O) groups excluding carboxylic acids is 1. The highest BCUT2D eigenvalue weighted by Gasteiger charge is 2.07. The number of thioether (sulfide) groups is 1. The molecule has 0 radical (unpaired) electrons. The number of hydrogen-bond acceptors (Lipinski definition) is 5. The molecule has 27 heavy (non-hydrogen) atoms. The van der Waals surface area contributed by atoms with E-state index in [0.717, 1.165) is 11.4 Å². The summed E-state index contributed by atoms with van der Waals surface area (Å²) in [5, 5.41) is 3.22. The van der Waals surface area contributed by atoms with Crippen LogP contribution >= 0.6 is 11.8 Å². The van der Waals surface area contributed by atoms with Crippen molar-refractivity contribution in [3.63, 3.8) is 0 Å². The molecule has 1 N–H and O–H groups in total. The summed E-state index contributed by atoms with van der Waals surface area (Å²) in [6.07, 6.45) is 0. The average Bonchev–Trinajstić information content (AvgIpc) is 2.67. The van der Waals surface area contributed by atoms with Crippen molar-refractivity contribution in [3.8, 4) is 5.88 Å². The first-order valence-corrected chi connectivity index (χ1v) is 9.28. The molecule has 138 valence electrons. The Morgan fingerprint density at radius 2 is 1.85 bits per heavy atom. The Morgan fingerprint density at radius 3 is 2.59 bits per heavy atom. The molecule has 1 heterocycles. The Balaban J connectivity index is 1.54. The number of amides is 1. The molecule has 3 rings (SSSR count). The van der Waals surface area contributed by atoms with Crippen LogP contribution in [-0.2, 0) is 5.75 Å². The van der Waals surface area contributed by atoms with Gasteiger partial charge in [0.1, 0.15) is 5.82 Å². The van der Waals surface area contributed by atoms with E-state index in [2.05, 4.69) is 15.3 Å². The molecule has 7 heteroatoms. The van der Waals surface area contributed by atoms with Crippen LogP contribution in [0.2, 0.25) is 0 Å². The third kappa shape index (κ3) is 5.79. The molecule has 1 aromatic heterocycles. The van der Waals surface area contributed by atoms with E-state index in [1.54, 1.807) is 6.07 Å². The zero-order valence-electron chi connectivity index (χ0n) is 14.7. The average molecular weight is 383 g/mol. The summed E-state index contributed by atoms with van der Waals surface area (Å²) in [5.41, 5.74) is 2.32. The minimum Gasteiger partial charge on any atom is -0.456 e. The lowest BCUT2D eigenvalue weighted by Crippen LogP contribution is -2.28. The zero-order valence-corrected chi connectivity index (χ0v) is 15.5. The van der Waals surface area contributed by atoms with Crippen molar-refractivity contribution in [2.75, 3.05) is 6.73 Å². The molecular weight excluding hydrogens is 365 g/mol. The molecular formula is C20H18FN3O2S. The number of halogens is 1. The van der Waals surface area contributed by atoms with Gasteiger partial charge in [0, 0.05) is 23.1 Å². The fourth-order valence-electron chi connectivity index (χ4n) is 2.25. The van der Waals surface area contributed by atoms with Crippen molar-refractivity contribution < 1.29 is 13.9 Å². The largest absolute Gasteiger partial charge is 0.456 e. The van der Waals surface area contributed by atoms with Crippen molar-refractivity contribution >= 4 is 17.7 Å². The van der Waals surface area contributed by atoms with E-state index in [4.69, 9.17) is 4.74 Å². The van der Waals surface area contributed by atoms with Crippen molar-refractivity contribution in [1.29, 1.82) is 0 Å². The zero-order chi connectivity index (χ0) is 19.1. The molecule has 0 saturated heterocycles. The van der Waals surface area contributed by atoms with Gasteiger partial charge in [-0.2, -0.15) is 4.98 Å². The number of hydrogen-bond donors (Lipinski definition) is 1. The molecule has 0 atom stereocenters. The van der Waals surface area contributed by atoms with Crippen LogP contribution in [0.5, 0.6) is 5.88 Å². The van der Waals surface area contributed by atoms with Gasteiger partial charge in [-0.25, -0.2) is 9.37 Å².